The van der Waals surface area contributed by atoms with E-state index in [0.717, 1.165) is 34.1 Å². The SMILES string of the molecule is CC(C)S(=O)(=O)N1CC=C(c2ccc(C3CC(C(F)(F)C(F)(F)F)=NN3c3ccc(F)cc3F)s2)CC1. The van der Waals surface area contributed by atoms with Gasteiger partial charge >= 0.3 is 12.1 Å². The Morgan fingerprint density at radius 1 is 1.08 bits per heavy atom. The number of hydrogen-bond donors (Lipinski definition) is 0. The van der Waals surface area contributed by atoms with Crippen LogP contribution < -0.4 is 5.01 Å². The average Bonchev–Trinajstić information content (AvgIpc) is 3.46. The first kappa shape index (κ1) is 27.6. The van der Waals surface area contributed by atoms with E-state index in [1.54, 1.807) is 26.0 Å². The van der Waals surface area contributed by atoms with Crippen LogP contribution in [0.2, 0.25) is 0 Å². The molecule has 0 N–H and O–H groups in total. The Morgan fingerprint density at radius 3 is 2.35 bits per heavy atom. The molecule has 1 atom stereocenters. The molecule has 202 valence electrons. The summed E-state index contributed by atoms with van der Waals surface area (Å²) in [4.78, 5) is 1.01. The normalized spacial score (nSPS) is 19.9. The first-order chi connectivity index (χ1) is 17.1. The second-order valence-electron chi connectivity index (χ2n) is 8.91. The highest BCUT2D eigenvalue weighted by atomic mass is 32.2. The summed E-state index contributed by atoms with van der Waals surface area (Å²) in [6.45, 7) is 3.54. The van der Waals surface area contributed by atoms with Gasteiger partial charge in [0.05, 0.1) is 17.0 Å². The van der Waals surface area contributed by atoms with E-state index in [0.29, 0.717) is 22.2 Å². The maximum atomic E-state index is 14.5. The highest BCUT2D eigenvalue weighted by molar-refractivity contribution is 7.89. The van der Waals surface area contributed by atoms with Crippen molar-refractivity contribution in [1.82, 2.24) is 4.31 Å². The maximum Gasteiger partial charge on any atom is 0.459 e. The van der Waals surface area contributed by atoms with Crippen LogP contribution in [-0.2, 0) is 10.0 Å². The van der Waals surface area contributed by atoms with Crippen LogP contribution in [-0.4, -0.2) is 48.9 Å². The van der Waals surface area contributed by atoms with Gasteiger partial charge in [0.2, 0.25) is 10.0 Å². The van der Waals surface area contributed by atoms with Gasteiger partial charge in [0, 0.05) is 35.3 Å². The lowest BCUT2D eigenvalue weighted by molar-refractivity contribution is -0.249. The molecule has 4 rings (SSSR count). The van der Waals surface area contributed by atoms with Gasteiger partial charge in [0.1, 0.15) is 11.5 Å². The van der Waals surface area contributed by atoms with E-state index in [-0.39, 0.29) is 13.1 Å². The van der Waals surface area contributed by atoms with Crippen molar-refractivity contribution >= 4 is 38.3 Å². The molecule has 0 bridgehead atoms. The summed E-state index contributed by atoms with van der Waals surface area (Å²) >= 11 is 1.11. The van der Waals surface area contributed by atoms with Crippen LogP contribution in [0.15, 0.2) is 41.5 Å². The number of rotatable bonds is 6. The number of thiophene rings is 1. The van der Waals surface area contributed by atoms with Crippen molar-refractivity contribution in [2.24, 2.45) is 5.10 Å². The molecule has 2 aliphatic heterocycles. The second kappa shape index (κ2) is 9.70. The summed E-state index contributed by atoms with van der Waals surface area (Å²) < 4.78 is 122. The lowest BCUT2D eigenvalue weighted by Gasteiger charge is -2.27. The highest BCUT2D eigenvalue weighted by Crippen LogP contribution is 2.46. The van der Waals surface area contributed by atoms with Crippen molar-refractivity contribution in [2.75, 3.05) is 18.1 Å². The monoisotopic (exact) mass is 569 g/mol. The summed E-state index contributed by atoms with van der Waals surface area (Å²) in [6.07, 6.45) is -4.63. The molecule has 2 aromatic rings. The molecular weight excluding hydrogens is 547 g/mol. The van der Waals surface area contributed by atoms with Crippen LogP contribution >= 0.6 is 11.3 Å². The van der Waals surface area contributed by atoms with Gasteiger partial charge in [0.25, 0.3) is 0 Å². The topological polar surface area (TPSA) is 53.0 Å². The van der Waals surface area contributed by atoms with Gasteiger partial charge in [-0.15, -0.1) is 11.3 Å². The number of sulfonamides is 1. The number of halogens is 7. The van der Waals surface area contributed by atoms with Crippen molar-refractivity contribution in [1.29, 1.82) is 0 Å². The van der Waals surface area contributed by atoms with E-state index in [9.17, 15) is 39.2 Å². The van der Waals surface area contributed by atoms with E-state index in [1.165, 1.54) is 10.4 Å². The Labute approximate surface area is 212 Å². The predicted molar refractivity (Wildman–Crippen MR) is 127 cm³/mol. The molecule has 5 nitrogen and oxygen atoms in total. The molecule has 14 heteroatoms. The number of nitrogens with zero attached hydrogens (tertiary/aromatic N) is 3. The third kappa shape index (κ3) is 5.15. The Morgan fingerprint density at radius 2 is 1.78 bits per heavy atom. The molecular formula is C23H22F7N3O2S2. The summed E-state index contributed by atoms with van der Waals surface area (Å²) in [7, 11) is -3.45. The van der Waals surface area contributed by atoms with Crippen LogP contribution in [0, 0.1) is 11.6 Å². The minimum atomic E-state index is -5.90. The van der Waals surface area contributed by atoms with Gasteiger partial charge in [-0.3, -0.25) is 5.01 Å². The molecule has 0 saturated heterocycles. The highest BCUT2D eigenvalue weighted by Gasteiger charge is 2.63. The molecule has 1 unspecified atom stereocenters. The van der Waals surface area contributed by atoms with Crippen molar-refractivity contribution in [2.45, 2.75) is 50.1 Å². The quantitative estimate of drug-likeness (QED) is 0.381. The van der Waals surface area contributed by atoms with E-state index in [1.807, 2.05) is 0 Å². The fraction of sp³-hybridized carbons (Fsp3) is 0.435. The summed E-state index contributed by atoms with van der Waals surface area (Å²) in [6, 6.07) is 4.26. The number of hydrogen-bond acceptors (Lipinski definition) is 5. The Kier molecular flexibility index (Phi) is 7.23. The first-order valence-electron chi connectivity index (χ1n) is 11.2. The van der Waals surface area contributed by atoms with Gasteiger partial charge in [-0.2, -0.15) is 31.4 Å². The molecule has 3 heterocycles. The van der Waals surface area contributed by atoms with Crippen LogP contribution in [0.25, 0.3) is 5.57 Å². The van der Waals surface area contributed by atoms with Gasteiger partial charge < -0.3 is 0 Å². The van der Waals surface area contributed by atoms with Crippen molar-refractivity contribution < 1.29 is 39.2 Å². The Balaban J connectivity index is 1.65. The number of benzene rings is 1. The summed E-state index contributed by atoms with van der Waals surface area (Å²) in [5.41, 5.74) is -1.12. The zero-order valence-corrected chi connectivity index (χ0v) is 21.2. The maximum absolute atomic E-state index is 14.5. The van der Waals surface area contributed by atoms with Gasteiger partial charge in [0.15, 0.2) is 5.82 Å². The lowest BCUT2D eigenvalue weighted by Crippen LogP contribution is -2.43. The molecule has 0 fully saturated rings. The summed E-state index contributed by atoms with van der Waals surface area (Å²) in [5, 5.41) is 3.60. The van der Waals surface area contributed by atoms with Crippen LogP contribution in [0.5, 0.6) is 0 Å². The third-order valence-corrected chi connectivity index (χ3v) is 9.69. The minimum absolute atomic E-state index is 0.143. The average molecular weight is 570 g/mol. The van der Waals surface area contributed by atoms with Crippen LogP contribution in [0.1, 0.15) is 42.5 Å². The molecule has 2 aliphatic rings. The molecule has 1 aromatic heterocycles. The fourth-order valence-corrected chi connectivity index (χ4v) is 6.47. The molecule has 0 aliphatic carbocycles. The third-order valence-electron chi connectivity index (χ3n) is 6.18. The first-order valence-corrected chi connectivity index (χ1v) is 13.5. The van der Waals surface area contributed by atoms with E-state index >= 15 is 0 Å². The second-order valence-corrected chi connectivity index (χ2v) is 12.5. The van der Waals surface area contributed by atoms with Crippen LogP contribution in [0.4, 0.5) is 36.4 Å². The van der Waals surface area contributed by atoms with Gasteiger partial charge in [-0.1, -0.05) is 6.08 Å². The summed E-state index contributed by atoms with van der Waals surface area (Å²) in [5.74, 6) is -7.35. The largest absolute Gasteiger partial charge is 0.459 e. The molecule has 37 heavy (non-hydrogen) atoms. The molecule has 1 aromatic carbocycles. The van der Waals surface area contributed by atoms with Crippen molar-refractivity contribution in [3.05, 3.63) is 57.8 Å². The van der Waals surface area contributed by atoms with E-state index in [4.69, 9.17) is 0 Å². The lowest BCUT2D eigenvalue weighted by atomic mass is 10.0. The Hall–Kier alpha value is -2.45. The zero-order chi connectivity index (χ0) is 27.3. The zero-order valence-electron chi connectivity index (χ0n) is 19.6. The number of hydrazone groups is 1. The minimum Gasteiger partial charge on any atom is -0.254 e. The smallest absolute Gasteiger partial charge is 0.254 e. The van der Waals surface area contributed by atoms with E-state index < -0.39 is 62.9 Å². The molecule has 0 amide bonds. The Bertz CT molecular complexity index is 1350. The van der Waals surface area contributed by atoms with Crippen molar-refractivity contribution in [3.8, 4) is 0 Å². The van der Waals surface area contributed by atoms with Gasteiger partial charge in [-0.25, -0.2) is 17.2 Å². The van der Waals surface area contributed by atoms with Crippen molar-refractivity contribution in [3.63, 3.8) is 0 Å². The number of alkyl halides is 5. The van der Waals surface area contributed by atoms with Gasteiger partial charge in [-0.05, 0) is 50.1 Å². The van der Waals surface area contributed by atoms with Crippen LogP contribution in [0.3, 0.4) is 0 Å². The molecule has 0 radical (unpaired) electrons. The molecule has 0 spiro atoms. The number of anilines is 1. The van der Waals surface area contributed by atoms with E-state index in [2.05, 4.69) is 5.10 Å². The molecule has 0 saturated carbocycles. The fourth-order valence-electron chi connectivity index (χ4n) is 4.08. The standard InChI is InChI=1S/C23H22F7N3O2S2/c1-13(2)37(34,35)32-9-7-14(8-10-32)19-5-6-20(36-19)18-12-21(22(26,27)23(28,29)30)31-33(18)17-4-3-15(24)11-16(17)25/h3-7,11,13,18H,8-10,12H2,1-2H3. The predicted octanol–water partition coefficient (Wildman–Crippen LogP) is 6.36.